The van der Waals surface area contributed by atoms with Crippen molar-refractivity contribution in [1.29, 1.82) is 0 Å². The van der Waals surface area contributed by atoms with Gasteiger partial charge < -0.3 is 15.0 Å². The van der Waals surface area contributed by atoms with Crippen LogP contribution in [0.15, 0.2) is 12.2 Å². The Kier molecular flexibility index (Phi) is 9.96. The first-order valence-electron chi connectivity index (χ1n) is 6.49. The predicted octanol–water partition coefficient (Wildman–Crippen LogP) is 0.954. The van der Waals surface area contributed by atoms with Crippen LogP contribution in [-0.2, 0) is 14.3 Å². The molecule has 0 aromatic heterocycles. The Balaban J connectivity index is 3.68. The third-order valence-corrected chi connectivity index (χ3v) is 2.50. The molecule has 0 saturated heterocycles. The molecule has 0 fully saturated rings. The van der Waals surface area contributed by atoms with E-state index in [4.69, 9.17) is 0 Å². The fourth-order valence-electron chi connectivity index (χ4n) is 1.45. The first kappa shape index (κ1) is 16.6. The van der Waals surface area contributed by atoms with Gasteiger partial charge in [0.05, 0.1) is 6.61 Å². The van der Waals surface area contributed by atoms with Gasteiger partial charge in [-0.1, -0.05) is 13.8 Å². The summed E-state index contributed by atoms with van der Waals surface area (Å²) in [6.07, 6.45) is 3.25. The van der Waals surface area contributed by atoms with Crippen LogP contribution >= 0.6 is 0 Å². The number of carbonyl (C=O) groups excluding carboxylic acids is 2. The first-order chi connectivity index (χ1) is 8.63. The number of ether oxygens (including phenoxy) is 1. The number of amides is 1. The number of nitrogens with zero attached hydrogens (tertiary/aromatic N) is 1. The van der Waals surface area contributed by atoms with Crippen LogP contribution in [0, 0.1) is 0 Å². The Morgan fingerprint density at radius 3 is 2.39 bits per heavy atom. The van der Waals surface area contributed by atoms with Crippen molar-refractivity contribution in [3.8, 4) is 0 Å². The molecule has 0 unspecified atom stereocenters. The molecule has 0 aromatic carbocycles. The van der Waals surface area contributed by atoms with Gasteiger partial charge in [-0.05, 0) is 33.0 Å². The fourth-order valence-corrected chi connectivity index (χ4v) is 1.45. The SMILES string of the molecule is CCOC(=O)/C=C/C(=O)NCCCN(CC)CC. The largest absolute Gasteiger partial charge is 0.463 e. The van der Waals surface area contributed by atoms with Crippen LogP contribution in [0.2, 0.25) is 0 Å². The molecule has 0 bridgehead atoms. The normalized spacial score (nSPS) is 10.9. The van der Waals surface area contributed by atoms with Crippen molar-refractivity contribution in [2.24, 2.45) is 0 Å². The number of hydrogen-bond acceptors (Lipinski definition) is 4. The highest BCUT2D eigenvalue weighted by molar-refractivity contribution is 5.94. The second-order valence-electron chi connectivity index (χ2n) is 3.76. The predicted molar refractivity (Wildman–Crippen MR) is 71.2 cm³/mol. The van der Waals surface area contributed by atoms with E-state index in [1.54, 1.807) is 6.92 Å². The summed E-state index contributed by atoms with van der Waals surface area (Å²) in [5.41, 5.74) is 0. The topological polar surface area (TPSA) is 58.6 Å². The average Bonchev–Trinajstić information content (AvgIpc) is 2.37. The van der Waals surface area contributed by atoms with E-state index in [2.05, 4.69) is 28.8 Å². The Labute approximate surface area is 109 Å². The van der Waals surface area contributed by atoms with E-state index in [1.807, 2.05) is 0 Å². The quantitative estimate of drug-likeness (QED) is 0.379. The molecule has 0 aromatic rings. The minimum Gasteiger partial charge on any atom is -0.463 e. The molecule has 1 N–H and O–H groups in total. The number of rotatable bonds is 9. The van der Waals surface area contributed by atoms with Crippen LogP contribution in [0.1, 0.15) is 27.2 Å². The van der Waals surface area contributed by atoms with Crippen molar-refractivity contribution >= 4 is 11.9 Å². The van der Waals surface area contributed by atoms with Crippen molar-refractivity contribution in [3.63, 3.8) is 0 Å². The monoisotopic (exact) mass is 256 g/mol. The lowest BCUT2D eigenvalue weighted by Gasteiger charge is -2.17. The molecule has 0 aliphatic rings. The van der Waals surface area contributed by atoms with Crippen molar-refractivity contribution in [2.45, 2.75) is 27.2 Å². The molecule has 5 heteroatoms. The van der Waals surface area contributed by atoms with E-state index in [-0.39, 0.29) is 5.91 Å². The molecule has 18 heavy (non-hydrogen) atoms. The number of nitrogens with one attached hydrogen (secondary N) is 1. The van der Waals surface area contributed by atoms with E-state index in [9.17, 15) is 9.59 Å². The summed E-state index contributed by atoms with van der Waals surface area (Å²) in [7, 11) is 0. The lowest BCUT2D eigenvalue weighted by Crippen LogP contribution is -2.29. The zero-order valence-electron chi connectivity index (χ0n) is 11.6. The molecule has 0 heterocycles. The third-order valence-electron chi connectivity index (χ3n) is 2.50. The van der Waals surface area contributed by atoms with E-state index in [0.29, 0.717) is 13.2 Å². The molecule has 0 saturated carbocycles. The van der Waals surface area contributed by atoms with Crippen LogP contribution in [0.4, 0.5) is 0 Å². The Morgan fingerprint density at radius 1 is 1.17 bits per heavy atom. The zero-order valence-corrected chi connectivity index (χ0v) is 11.6. The highest BCUT2D eigenvalue weighted by atomic mass is 16.5. The van der Waals surface area contributed by atoms with Gasteiger partial charge >= 0.3 is 5.97 Å². The molecule has 0 atom stereocenters. The minimum absolute atomic E-state index is 0.261. The van der Waals surface area contributed by atoms with Crippen molar-refractivity contribution < 1.29 is 14.3 Å². The molecule has 5 nitrogen and oxygen atoms in total. The Bertz CT molecular complexity index is 273. The van der Waals surface area contributed by atoms with Gasteiger partial charge in [-0.2, -0.15) is 0 Å². The van der Waals surface area contributed by atoms with E-state index >= 15 is 0 Å². The highest BCUT2D eigenvalue weighted by Gasteiger charge is 2.00. The van der Waals surface area contributed by atoms with Crippen molar-refractivity contribution in [1.82, 2.24) is 10.2 Å². The van der Waals surface area contributed by atoms with Crippen molar-refractivity contribution in [2.75, 3.05) is 32.8 Å². The summed E-state index contributed by atoms with van der Waals surface area (Å²) in [6, 6.07) is 0. The van der Waals surface area contributed by atoms with E-state index < -0.39 is 5.97 Å². The molecule has 0 radical (unpaired) electrons. The summed E-state index contributed by atoms with van der Waals surface area (Å²) in [5, 5.41) is 2.72. The van der Waals surface area contributed by atoms with Gasteiger partial charge in [0.25, 0.3) is 0 Å². The lowest BCUT2D eigenvalue weighted by atomic mass is 10.3. The summed E-state index contributed by atoms with van der Waals surface area (Å²) >= 11 is 0. The van der Waals surface area contributed by atoms with Crippen LogP contribution in [0.3, 0.4) is 0 Å². The second-order valence-corrected chi connectivity index (χ2v) is 3.76. The van der Waals surface area contributed by atoms with E-state index in [1.165, 1.54) is 6.08 Å². The zero-order chi connectivity index (χ0) is 13.8. The maximum absolute atomic E-state index is 11.3. The van der Waals surface area contributed by atoms with Gasteiger partial charge in [-0.25, -0.2) is 4.79 Å². The second kappa shape index (κ2) is 10.8. The summed E-state index contributed by atoms with van der Waals surface area (Å²) < 4.78 is 4.67. The van der Waals surface area contributed by atoms with Crippen LogP contribution in [-0.4, -0.2) is 49.6 Å². The first-order valence-corrected chi connectivity index (χ1v) is 6.49. The fraction of sp³-hybridized carbons (Fsp3) is 0.692. The smallest absolute Gasteiger partial charge is 0.330 e. The maximum Gasteiger partial charge on any atom is 0.330 e. The molecule has 0 aliphatic carbocycles. The van der Waals surface area contributed by atoms with Crippen LogP contribution in [0.5, 0.6) is 0 Å². The Hall–Kier alpha value is -1.36. The number of esters is 1. The van der Waals surface area contributed by atoms with Gasteiger partial charge in [0.1, 0.15) is 0 Å². The maximum atomic E-state index is 11.3. The van der Waals surface area contributed by atoms with Crippen LogP contribution < -0.4 is 5.32 Å². The lowest BCUT2D eigenvalue weighted by molar-refractivity contribution is -0.137. The van der Waals surface area contributed by atoms with Gasteiger partial charge in [0, 0.05) is 18.7 Å². The molecule has 104 valence electrons. The van der Waals surface area contributed by atoms with Gasteiger partial charge in [0.15, 0.2) is 0 Å². The standard InChI is InChI=1S/C13H24N2O3/c1-4-15(5-2)11-7-10-14-12(16)8-9-13(17)18-6-3/h8-9H,4-7,10-11H2,1-3H3,(H,14,16)/b9-8+. The Morgan fingerprint density at radius 2 is 1.83 bits per heavy atom. The third kappa shape index (κ3) is 8.75. The van der Waals surface area contributed by atoms with Crippen LogP contribution in [0.25, 0.3) is 0 Å². The van der Waals surface area contributed by atoms with Gasteiger partial charge in [-0.15, -0.1) is 0 Å². The summed E-state index contributed by atoms with van der Waals surface area (Å²) in [4.78, 5) is 24.6. The van der Waals surface area contributed by atoms with E-state index in [0.717, 1.165) is 32.1 Å². The molecular formula is C13H24N2O3. The molecule has 1 amide bonds. The average molecular weight is 256 g/mol. The molecule has 0 aliphatic heterocycles. The van der Waals surface area contributed by atoms with Gasteiger partial charge in [-0.3, -0.25) is 4.79 Å². The number of hydrogen-bond donors (Lipinski definition) is 1. The summed E-state index contributed by atoms with van der Waals surface area (Å²) in [5.74, 6) is -0.751. The number of carbonyl (C=O) groups is 2. The molecule has 0 rings (SSSR count). The summed E-state index contributed by atoms with van der Waals surface area (Å²) in [6.45, 7) is 9.89. The van der Waals surface area contributed by atoms with Crippen molar-refractivity contribution in [3.05, 3.63) is 12.2 Å². The molecular weight excluding hydrogens is 232 g/mol. The van der Waals surface area contributed by atoms with Gasteiger partial charge in [0.2, 0.25) is 5.91 Å². The molecule has 0 spiro atoms. The minimum atomic E-state index is -0.490. The highest BCUT2D eigenvalue weighted by Crippen LogP contribution is 1.89.